The molecule has 2 N–H and O–H groups in total. The van der Waals surface area contributed by atoms with Gasteiger partial charge in [-0.1, -0.05) is 52.9 Å². The van der Waals surface area contributed by atoms with Crippen molar-refractivity contribution in [3.63, 3.8) is 0 Å². The van der Waals surface area contributed by atoms with Crippen LogP contribution < -0.4 is 10.6 Å². The van der Waals surface area contributed by atoms with E-state index >= 15 is 0 Å². The molecule has 0 radical (unpaired) electrons. The van der Waals surface area contributed by atoms with Crippen LogP contribution in [0.3, 0.4) is 0 Å². The first-order valence-electron chi connectivity index (χ1n) is 7.44. The lowest BCUT2D eigenvalue weighted by atomic mass is 10.2. The van der Waals surface area contributed by atoms with E-state index in [1.807, 2.05) is 31.2 Å². The maximum atomic E-state index is 13.5. The van der Waals surface area contributed by atoms with Crippen LogP contribution in [-0.4, -0.2) is 21.9 Å². The highest BCUT2D eigenvalue weighted by Gasteiger charge is 2.10. The molecule has 3 rings (SSSR count). The predicted octanol–water partition coefficient (Wildman–Crippen LogP) is 4.46. The van der Waals surface area contributed by atoms with E-state index in [4.69, 9.17) is 0 Å². The molecule has 0 spiro atoms. The third-order valence-corrected chi connectivity index (χ3v) is 5.16. The van der Waals surface area contributed by atoms with Crippen molar-refractivity contribution < 1.29 is 9.18 Å². The topological polar surface area (TPSA) is 66.9 Å². The minimum Gasteiger partial charge on any atom is -0.330 e. The van der Waals surface area contributed by atoms with Gasteiger partial charge in [0.2, 0.25) is 11.0 Å². The number of nitrogens with zero attached hydrogens (tertiary/aromatic N) is 2. The van der Waals surface area contributed by atoms with Crippen LogP contribution in [0.1, 0.15) is 5.56 Å². The number of para-hydroxylation sites is 1. The third kappa shape index (κ3) is 5.01. The van der Waals surface area contributed by atoms with Gasteiger partial charge >= 0.3 is 0 Å². The predicted molar refractivity (Wildman–Crippen MR) is 100 cm³/mol. The Hall–Kier alpha value is -2.45. The van der Waals surface area contributed by atoms with Crippen molar-refractivity contribution in [2.75, 3.05) is 16.4 Å². The zero-order valence-corrected chi connectivity index (χ0v) is 15.0. The molecule has 0 saturated carbocycles. The number of aryl methyl sites for hydroxylation is 1. The Morgan fingerprint density at radius 3 is 2.68 bits per heavy atom. The fourth-order valence-corrected chi connectivity index (χ4v) is 3.53. The maximum Gasteiger partial charge on any atom is 0.234 e. The highest BCUT2D eigenvalue weighted by molar-refractivity contribution is 8.01. The van der Waals surface area contributed by atoms with Gasteiger partial charge in [0.1, 0.15) is 5.82 Å². The molecule has 25 heavy (non-hydrogen) atoms. The van der Waals surface area contributed by atoms with Crippen LogP contribution in [0.2, 0.25) is 0 Å². The standard InChI is InChI=1S/C17H15FN4OS2/c1-11-6-8-12(9-7-11)19-16-21-22-17(25-16)24-10-15(23)20-14-5-3-2-4-13(14)18/h2-9H,10H2,1H3,(H,19,21)(H,20,23). The lowest BCUT2D eigenvalue weighted by molar-refractivity contribution is -0.113. The normalized spacial score (nSPS) is 10.5. The molecule has 0 saturated heterocycles. The van der Waals surface area contributed by atoms with E-state index in [0.29, 0.717) is 9.47 Å². The number of benzene rings is 2. The number of anilines is 3. The minimum absolute atomic E-state index is 0.132. The van der Waals surface area contributed by atoms with E-state index < -0.39 is 5.82 Å². The van der Waals surface area contributed by atoms with Crippen molar-refractivity contribution in [2.24, 2.45) is 0 Å². The van der Waals surface area contributed by atoms with Gasteiger partial charge in [-0.25, -0.2) is 4.39 Å². The molecule has 1 amide bonds. The number of carbonyl (C=O) groups is 1. The molecule has 8 heteroatoms. The lowest BCUT2D eigenvalue weighted by Crippen LogP contribution is -2.14. The summed E-state index contributed by atoms with van der Waals surface area (Å²) in [5.41, 5.74) is 2.28. The second kappa shape index (κ2) is 8.09. The second-order valence-corrected chi connectivity index (χ2v) is 7.38. The highest BCUT2D eigenvalue weighted by Crippen LogP contribution is 2.27. The van der Waals surface area contributed by atoms with Crippen molar-refractivity contribution in [1.29, 1.82) is 0 Å². The van der Waals surface area contributed by atoms with Crippen molar-refractivity contribution in [1.82, 2.24) is 10.2 Å². The third-order valence-electron chi connectivity index (χ3n) is 3.18. The maximum absolute atomic E-state index is 13.5. The van der Waals surface area contributed by atoms with Gasteiger partial charge < -0.3 is 10.6 Å². The highest BCUT2D eigenvalue weighted by atomic mass is 32.2. The van der Waals surface area contributed by atoms with Gasteiger partial charge in [0.25, 0.3) is 0 Å². The Kier molecular flexibility index (Phi) is 5.62. The van der Waals surface area contributed by atoms with E-state index in [1.165, 1.54) is 40.8 Å². The summed E-state index contributed by atoms with van der Waals surface area (Å²) < 4.78 is 14.2. The van der Waals surface area contributed by atoms with Crippen LogP contribution in [-0.2, 0) is 4.79 Å². The van der Waals surface area contributed by atoms with Crippen molar-refractivity contribution in [3.8, 4) is 0 Å². The van der Waals surface area contributed by atoms with Gasteiger partial charge in [-0.2, -0.15) is 0 Å². The van der Waals surface area contributed by atoms with E-state index in [-0.39, 0.29) is 17.3 Å². The first kappa shape index (κ1) is 17.4. The Labute approximate surface area is 152 Å². The average Bonchev–Trinajstić information content (AvgIpc) is 3.05. The number of thioether (sulfide) groups is 1. The summed E-state index contributed by atoms with van der Waals surface area (Å²) >= 11 is 2.62. The van der Waals surface area contributed by atoms with Crippen molar-refractivity contribution in [3.05, 3.63) is 59.9 Å². The molecule has 0 bridgehead atoms. The van der Waals surface area contributed by atoms with E-state index in [9.17, 15) is 9.18 Å². The summed E-state index contributed by atoms with van der Waals surface area (Å²) in [6, 6.07) is 14.0. The number of hydrogen-bond donors (Lipinski definition) is 2. The smallest absolute Gasteiger partial charge is 0.234 e. The molecule has 1 aromatic heterocycles. The van der Waals surface area contributed by atoms with Crippen LogP contribution in [0.15, 0.2) is 52.9 Å². The number of aromatic nitrogens is 2. The number of amides is 1. The Morgan fingerprint density at radius 2 is 1.92 bits per heavy atom. The van der Waals surface area contributed by atoms with E-state index in [1.54, 1.807) is 12.1 Å². The Bertz CT molecular complexity index is 867. The van der Waals surface area contributed by atoms with Gasteiger partial charge in [0, 0.05) is 5.69 Å². The first-order valence-corrected chi connectivity index (χ1v) is 9.25. The molecule has 1 heterocycles. The van der Waals surface area contributed by atoms with Crippen LogP contribution in [0.25, 0.3) is 0 Å². The molecule has 0 aliphatic rings. The van der Waals surface area contributed by atoms with E-state index in [0.717, 1.165) is 5.69 Å². The summed E-state index contributed by atoms with van der Waals surface area (Å²) in [6.45, 7) is 2.02. The van der Waals surface area contributed by atoms with Gasteiger partial charge in [0.05, 0.1) is 11.4 Å². The number of carbonyl (C=O) groups excluding carboxylic acids is 1. The quantitative estimate of drug-likeness (QED) is 0.624. The monoisotopic (exact) mass is 374 g/mol. The molecule has 5 nitrogen and oxygen atoms in total. The number of halogens is 1. The summed E-state index contributed by atoms with van der Waals surface area (Å²) in [6.07, 6.45) is 0. The van der Waals surface area contributed by atoms with Crippen LogP contribution in [0.4, 0.5) is 20.9 Å². The van der Waals surface area contributed by atoms with Gasteiger partial charge in [-0.05, 0) is 31.2 Å². The van der Waals surface area contributed by atoms with E-state index in [2.05, 4.69) is 20.8 Å². The molecule has 3 aromatic rings. The summed E-state index contributed by atoms with van der Waals surface area (Å²) in [7, 11) is 0. The van der Waals surface area contributed by atoms with Crippen molar-refractivity contribution >= 4 is 45.5 Å². The van der Waals surface area contributed by atoms with Gasteiger partial charge in [-0.3, -0.25) is 4.79 Å². The molecule has 0 fully saturated rings. The zero-order chi connectivity index (χ0) is 17.6. The first-order chi connectivity index (χ1) is 12.1. The van der Waals surface area contributed by atoms with Crippen LogP contribution >= 0.6 is 23.1 Å². The second-order valence-electron chi connectivity index (χ2n) is 5.18. The molecule has 0 unspecified atom stereocenters. The number of nitrogens with one attached hydrogen (secondary N) is 2. The zero-order valence-electron chi connectivity index (χ0n) is 13.3. The molecular weight excluding hydrogens is 359 g/mol. The van der Waals surface area contributed by atoms with Crippen LogP contribution in [0.5, 0.6) is 0 Å². The van der Waals surface area contributed by atoms with Crippen molar-refractivity contribution in [2.45, 2.75) is 11.3 Å². The molecule has 128 valence electrons. The molecule has 2 aromatic carbocycles. The molecule has 0 atom stereocenters. The summed E-state index contributed by atoms with van der Waals surface area (Å²) in [5.74, 6) is -0.618. The largest absolute Gasteiger partial charge is 0.330 e. The summed E-state index contributed by atoms with van der Waals surface area (Å²) in [5, 5.41) is 14.5. The molecule has 0 aliphatic heterocycles. The molecular formula is C17H15FN4OS2. The minimum atomic E-state index is -0.457. The lowest BCUT2D eigenvalue weighted by Gasteiger charge is -2.04. The SMILES string of the molecule is Cc1ccc(Nc2nnc(SCC(=O)Nc3ccccc3F)s2)cc1. The average molecular weight is 374 g/mol. The Morgan fingerprint density at radius 1 is 1.16 bits per heavy atom. The van der Waals surface area contributed by atoms with Gasteiger partial charge in [-0.15, -0.1) is 10.2 Å². The number of rotatable bonds is 6. The molecule has 0 aliphatic carbocycles. The number of hydrogen-bond acceptors (Lipinski definition) is 6. The Balaban J connectivity index is 1.52. The van der Waals surface area contributed by atoms with Crippen LogP contribution in [0, 0.1) is 12.7 Å². The fraction of sp³-hybridized carbons (Fsp3) is 0.118. The summed E-state index contributed by atoms with van der Waals surface area (Å²) in [4.78, 5) is 11.9. The van der Waals surface area contributed by atoms with Gasteiger partial charge in [0.15, 0.2) is 4.34 Å². The fourth-order valence-electron chi connectivity index (χ4n) is 1.96.